The molecule has 1 saturated carbocycles. The van der Waals surface area contributed by atoms with Crippen LogP contribution in [0.5, 0.6) is 5.75 Å². The number of rotatable bonds is 6. The third kappa shape index (κ3) is 3.35. The van der Waals surface area contributed by atoms with Gasteiger partial charge in [-0.1, -0.05) is 12.5 Å². The molecular weight excluding hydrogens is 238 g/mol. The second-order valence-electron chi connectivity index (χ2n) is 5.52. The van der Waals surface area contributed by atoms with Crippen LogP contribution in [0.2, 0.25) is 0 Å². The Morgan fingerprint density at radius 3 is 2.68 bits per heavy atom. The van der Waals surface area contributed by atoms with Crippen LogP contribution in [0.1, 0.15) is 40.7 Å². The zero-order valence-corrected chi connectivity index (χ0v) is 12.1. The SMILES string of the molecule is CNCC(=O)c1cc(C)cc(C)c1OCC1CCC1. The van der Waals surface area contributed by atoms with Gasteiger partial charge in [-0.05, 0) is 56.8 Å². The van der Waals surface area contributed by atoms with Crippen LogP contribution >= 0.6 is 0 Å². The van der Waals surface area contributed by atoms with Crippen molar-refractivity contribution in [3.8, 4) is 5.75 Å². The summed E-state index contributed by atoms with van der Waals surface area (Å²) in [5.74, 6) is 1.55. The number of carbonyl (C=O) groups excluding carboxylic acids is 1. The highest BCUT2D eigenvalue weighted by atomic mass is 16.5. The average molecular weight is 261 g/mol. The summed E-state index contributed by atoms with van der Waals surface area (Å²) in [6.07, 6.45) is 3.82. The fraction of sp³-hybridized carbons (Fsp3) is 0.562. The van der Waals surface area contributed by atoms with Crippen LogP contribution in [0.4, 0.5) is 0 Å². The van der Waals surface area contributed by atoms with Gasteiger partial charge < -0.3 is 10.1 Å². The second-order valence-corrected chi connectivity index (χ2v) is 5.52. The lowest BCUT2D eigenvalue weighted by molar-refractivity contribution is 0.0986. The van der Waals surface area contributed by atoms with Gasteiger partial charge in [0, 0.05) is 0 Å². The van der Waals surface area contributed by atoms with Gasteiger partial charge in [0.05, 0.1) is 18.7 Å². The van der Waals surface area contributed by atoms with E-state index in [2.05, 4.69) is 11.4 Å². The maximum absolute atomic E-state index is 12.2. The molecule has 1 aromatic carbocycles. The minimum absolute atomic E-state index is 0.0953. The molecule has 0 bridgehead atoms. The summed E-state index contributed by atoms with van der Waals surface area (Å²) in [4.78, 5) is 12.2. The third-order valence-corrected chi connectivity index (χ3v) is 3.74. The lowest BCUT2D eigenvalue weighted by Gasteiger charge is -2.26. The first-order valence-electron chi connectivity index (χ1n) is 7.03. The van der Waals surface area contributed by atoms with Gasteiger partial charge in [-0.15, -0.1) is 0 Å². The Morgan fingerprint density at radius 1 is 1.37 bits per heavy atom. The first kappa shape index (κ1) is 14.1. The molecule has 3 heteroatoms. The van der Waals surface area contributed by atoms with E-state index in [0.717, 1.165) is 23.5 Å². The number of Topliss-reactive ketones (excluding diaryl/α,β-unsaturated/α-hetero) is 1. The van der Waals surface area contributed by atoms with E-state index in [9.17, 15) is 4.79 Å². The van der Waals surface area contributed by atoms with Crippen molar-refractivity contribution >= 4 is 5.78 Å². The van der Waals surface area contributed by atoms with E-state index in [1.807, 2.05) is 19.9 Å². The number of ketones is 1. The van der Waals surface area contributed by atoms with Gasteiger partial charge >= 0.3 is 0 Å². The van der Waals surface area contributed by atoms with Gasteiger partial charge in [-0.25, -0.2) is 0 Å². The molecule has 0 amide bonds. The van der Waals surface area contributed by atoms with Gasteiger partial charge in [0.1, 0.15) is 5.75 Å². The molecule has 1 fully saturated rings. The number of benzene rings is 1. The molecule has 0 atom stereocenters. The van der Waals surface area contributed by atoms with Crippen molar-refractivity contribution in [3.05, 3.63) is 28.8 Å². The van der Waals surface area contributed by atoms with Crippen molar-refractivity contribution in [2.75, 3.05) is 20.2 Å². The van der Waals surface area contributed by atoms with Crippen molar-refractivity contribution in [3.63, 3.8) is 0 Å². The zero-order chi connectivity index (χ0) is 13.8. The molecule has 1 aliphatic carbocycles. The predicted octanol–water partition coefficient (Wildman–Crippen LogP) is 2.88. The molecule has 2 rings (SSSR count). The number of carbonyl (C=O) groups is 1. The maximum Gasteiger partial charge on any atom is 0.180 e. The minimum Gasteiger partial charge on any atom is -0.492 e. The van der Waals surface area contributed by atoms with Gasteiger partial charge in [0.25, 0.3) is 0 Å². The van der Waals surface area contributed by atoms with Crippen LogP contribution in [0.25, 0.3) is 0 Å². The normalized spacial score (nSPS) is 15.1. The molecule has 3 nitrogen and oxygen atoms in total. The lowest BCUT2D eigenvalue weighted by Crippen LogP contribution is -2.22. The molecule has 0 radical (unpaired) electrons. The Hall–Kier alpha value is -1.35. The molecule has 19 heavy (non-hydrogen) atoms. The average Bonchev–Trinajstić information content (AvgIpc) is 2.29. The van der Waals surface area contributed by atoms with Crippen molar-refractivity contribution in [1.29, 1.82) is 0 Å². The maximum atomic E-state index is 12.2. The standard InChI is InChI=1S/C16H23NO2/c1-11-7-12(2)16(19-10-13-5-4-6-13)14(8-11)15(18)9-17-3/h7-8,13,17H,4-6,9-10H2,1-3H3. The molecule has 1 aromatic rings. The molecule has 104 valence electrons. The molecule has 0 heterocycles. The number of hydrogen-bond donors (Lipinski definition) is 1. The fourth-order valence-corrected chi connectivity index (χ4v) is 2.47. The van der Waals surface area contributed by atoms with Crippen LogP contribution in [-0.4, -0.2) is 26.0 Å². The number of likely N-dealkylation sites (N-methyl/N-ethyl adjacent to an activating group) is 1. The Kier molecular flexibility index (Phi) is 4.59. The molecule has 0 spiro atoms. The van der Waals surface area contributed by atoms with Crippen molar-refractivity contribution < 1.29 is 9.53 Å². The predicted molar refractivity (Wildman–Crippen MR) is 77.0 cm³/mol. The van der Waals surface area contributed by atoms with Crippen LogP contribution in [-0.2, 0) is 0 Å². The quantitative estimate of drug-likeness (QED) is 0.800. The molecular formula is C16H23NO2. The van der Waals surface area contributed by atoms with Crippen LogP contribution in [0.3, 0.4) is 0 Å². The summed E-state index contributed by atoms with van der Waals surface area (Å²) < 4.78 is 5.95. The molecule has 0 unspecified atom stereocenters. The highest BCUT2D eigenvalue weighted by molar-refractivity contribution is 6.00. The Bertz CT molecular complexity index is 464. The van der Waals surface area contributed by atoms with E-state index in [-0.39, 0.29) is 5.78 Å². The third-order valence-electron chi connectivity index (χ3n) is 3.74. The van der Waals surface area contributed by atoms with Crippen molar-refractivity contribution in [2.45, 2.75) is 33.1 Å². The Labute approximate surface area is 115 Å². The lowest BCUT2D eigenvalue weighted by atomic mass is 9.86. The number of ether oxygens (including phenoxy) is 1. The summed E-state index contributed by atoms with van der Waals surface area (Å²) in [6.45, 7) is 5.12. The van der Waals surface area contributed by atoms with Gasteiger partial charge in [0.15, 0.2) is 5.78 Å². The van der Waals surface area contributed by atoms with E-state index in [0.29, 0.717) is 18.0 Å². The molecule has 1 N–H and O–H groups in total. The largest absolute Gasteiger partial charge is 0.492 e. The van der Waals surface area contributed by atoms with E-state index in [4.69, 9.17) is 4.74 Å². The second kappa shape index (κ2) is 6.20. The van der Waals surface area contributed by atoms with E-state index in [1.54, 1.807) is 7.05 Å². The number of hydrogen-bond acceptors (Lipinski definition) is 3. The highest BCUT2D eigenvalue weighted by Crippen LogP contribution is 2.30. The summed E-state index contributed by atoms with van der Waals surface area (Å²) in [5, 5.41) is 2.91. The summed E-state index contributed by atoms with van der Waals surface area (Å²) in [5.41, 5.74) is 2.87. The van der Waals surface area contributed by atoms with Gasteiger partial charge in [-0.3, -0.25) is 4.79 Å². The minimum atomic E-state index is 0.0953. The number of nitrogens with one attached hydrogen (secondary N) is 1. The van der Waals surface area contributed by atoms with E-state index in [1.165, 1.54) is 19.3 Å². The van der Waals surface area contributed by atoms with Gasteiger partial charge in [-0.2, -0.15) is 0 Å². The summed E-state index contributed by atoms with van der Waals surface area (Å²) in [6, 6.07) is 4.01. The summed E-state index contributed by atoms with van der Waals surface area (Å²) in [7, 11) is 1.79. The smallest absolute Gasteiger partial charge is 0.180 e. The van der Waals surface area contributed by atoms with Crippen molar-refractivity contribution in [2.24, 2.45) is 5.92 Å². The van der Waals surface area contributed by atoms with Crippen LogP contribution in [0, 0.1) is 19.8 Å². The van der Waals surface area contributed by atoms with E-state index < -0.39 is 0 Å². The zero-order valence-electron chi connectivity index (χ0n) is 12.1. The van der Waals surface area contributed by atoms with Gasteiger partial charge in [0.2, 0.25) is 0 Å². The highest BCUT2D eigenvalue weighted by Gasteiger charge is 2.20. The summed E-state index contributed by atoms with van der Waals surface area (Å²) >= 11 is 0. The Balaban J connectivity index is 2.19. The van der Waals surface area contributed by atoms with Crippen LogP contribution in [0.15, 0.2) is 12.1 Å². The number of aryl methyl sites for hydroxylation is 2. The Morgan fingerprint density at radius 2 is 2.11 bits per heavy atom. The first-order chi connectivity index (χ1) is 9.11. The molecule has 0 saturated heterocycles. The molecule has 0 aliphatic heterocycles. The van der Waals surface area contributed by atoms with Crippen molar-refractivity contribution in [1.82, 2.24) is 5.32 Å². The van der Waals surface area contributed by atoms with Crippen LogP contribution < -0.4 is 10.1 Å². The fourth-order valence-electron chi connectivity index (χ4n) is 2.47. The topological polar surface area (TPSA) is 38.3 Å². The molecule has 1 aliphatic rings. The van der Waals surface area contributed by atoms with E-state index >= 15 is 0 Å². The monoisotopic (exact) mass is 261 g/mol. The molecule has 0 aromatic heterocycles. The first-order valence-corrected chi connectivity index (χ1v) is 7.03.